The second kappa shape index (κ2) is 9.77. The predicted molar refractivity (Wildman–Crippen MR) is 113 cm³/mol. The predicted octanol–water partition coefficient (Wildman–Crippen LogP) is 5.55. The van der Waals surface area contributed by atoms with Crippen LogP contribution in [0, 0.1) is 20.2 Å². The van der Waals surface area contributed by atoms with Gasteiger partial charge in [0, 0.05) is 18.2 Å². The maximum atomic E-state index is 12.8. The normalized spacial score (nSPS) is 11.4. The van der Waals surface area contributed by atoms with Crippen molar-refractivity contribution >= 4 is 23.3 Å². The van der Waals surface area contributed by atoms with Crippen LogP contribution in [0.5, 0.6) is 5.75 Å². The number of alkyl halides is 3. The second-order valence-corrected chi connectivity index (χ2v) is 6.64. The third-order valence-electron chi connectivity index (χ3n) is 4.33. The molecule has 0 bridgehead atoms. The summed E-state index contributed by atoms with van der Waals surface area (Å²) in [5, 5.41) is 25.7. The van der Waals surface area contributed by atoms with Crippen LogP contribution in [0.25, 0.3) is 0 Å². The molecule has 170 valence electrons. The van der Waals surface area contributed by atoms with Gasteiger partial charge in [0.1, 0.15) is 18.0 Å². The topological polar surface area (TPSA) is 120 Å². The fourth-order valence-corrected chi connectivity index (χ4v) is 2.71. The van der Waals surface area contributed by atoms with Crippen molar-refractivity contribution in [1.82, 2.24) is 0 Å². The van der Waals surface area contributed by atoms with E-state index in [1.54, 1.807) is 36.4 Å². The molecule has 0 aliphatic rings. The average molecular weight is 460 g/mol. The Morgan fingerprint density at radius 2 is 1.70 bits per heavy atom. The van der Waals surface area contributed by atoms with Crippen LogP contribution in [0.2, 0.25) is 0 Å². The summed E-state index contributed by atoms with van der Waals surface area (Å²) in [5.74, 6) is 0.491. The number of rotatable bonds is 8. The first-order valence-corrected chi connectivity index (χ1v) is 9.24. The van der Waals surface area contributed by atoms with Crippen molar-refractivity contribution in [1.29, 1.82) is 0 Å². The maximum absolute atomic E-state index is 12.8. The quantitative estimate of drug-likeness (QED) is 0.267. The number of nitro benzene ring substituents is 2. The molecule has 0 heterocycles. The minimum atomic E-state index is -4.70. The Morgan fingerprint density at radius 3 is 2.33 bits per heavy atom. The summed E-state index contributed by atoms with van der Waals surface area (Å²) in [4.78, 5) is 20.5. The van der Waals surface area contributed by atoms with E-state index < -0.39 is 27.3 Å². The fourth-order valence-electron chi connectivity index (χ4n) is 2.71. The van der Waals surface area contributed by atoms with Gasteiger partial charge in [-0.25, -0.2) is 0 Å². The number of nitrogens with zero attached hydrogens (tertiary/aromatic N) is 3. The number of nitrogens with one attached hydrogen (secondary N) is 1. The number of halogens is 3. The Morgan fingerprint density at radius 1 is 0.970 bits per heavy atom. The van der Waals surface area contributed by atoms with Gasteiger partial charge in [-0.1, -0.05) is 12.1 Å². The van der Waals surface area contributed by atoms with Crippen LogP contribution in [0.3, 0.4) is 0 Å². The zero-order valence-electron chi connectivity index (χ0n) is 16.7. The Hall–Kier alpha value is -4.48. The Balaban J connectivity index is 1.62. The van der Waals surface area contributed by atoms with E-state index in [0.29, 0.717) is 22.9 Å². The van der Waals surface area contributed by atoms with Crippen molar-refractivity contribution in [3.8, 4) is 5.75 Å². The molecule has 12 heteroatoms. The summed E-state index contributed by atoms with van der Waals surface area (Å²) in [6, 6.07) is 14.7. The smallest absolute Gasteiger partial charge is 0.416 e. The first-order chi connectivity index (χ1) is 15.6. The van der Waals surface area contributed by atoms with Crippen LogP contribution >= 0.6 is 0 Å². The van der Waals surface area contributed by atoms with Crippen LogP contribution in [-0.4, -0.2) is 16.1 Å². The molecule has 0 unspecified atom stereocenters. The van der Waals surface area contributed by atoms with Crippen molar-refractivity contribution < 1.29 is 27.8 Å². The third-order valence-corrected chi connectivity index (χ3v) is 4.33. The first kappa shape index (κ1) is 23.2. The number of benzene rings is 3. The van der Waals surface area contributed by atoms with E-state index in [-0.39, 0.29) is 18.0 Å². The number of anilines is 1. The van der Waals surface area contributed by atoms with Crippen LogP contribution in [0.15, 0.2) is 71.8 Å². The van der Waals surface area contributed by atoms with Gasteiger partial charge in [0.15, 0.2) is 0 Å². The summed E-state index contributed by atoms with van der Waals surface area (Å²) < 4.78 is 43.9. The lowest BCUT2D eigenvalue weighted by Crippen LogP contribution is -2.06. The van der Waals surface area contributed by atoms with Gasteiger partial charge in [-0.05, 0) is 47.5 Å². The molecule has 0 aromatic heterocycles. The van der Waals surface area contributed by atoms with Gasteiger partial charge in [0.2, 0.25) is 0 Å². The van der Waals surface area contributed by atoms with Crippen molar-refractivity contribution in [2.75, 3.05) is 5.43 Å². The summed E-state index contributed by atoms with van der Waals surface area (Å²) in [7, 11) is 0. The minimum absolute atomic E-state index is 0.0385. The maximum Gasteiger partial charge on any atom is 0.416 e. The molecule has 3 rings (SSSR count). The van der Waals surface area contributed by atoms with E-state index in [1.807, 2.05) is 0 Å². The van der Waals surface area contributed by atoms with E-state index in [2.05, 4.69) is 10.5 Å². The fraction of sp³-hybridized carbons (Fsp3) is 0.0952. The summed E-state index contributed by atoms with van der Waals surface area (Å²) in [6.07, 6.45) is -3.38. The van der Waals surface area contributed by atoms with Crippen LogP contribution < -0.4 is 10.2 Å². The SMILES string of the molecule is O=[N+]([O-])c1cccc(COc2ccc(/C=N\Nc3ccc(C(F)(F)F)cc3[N+](=O)[O-])cc2)c1. The molecule has 3 aromatic rings. The highest BCUT2D eigenvalue weighted by atomic mass is 19.4. The Labute approximate surface area is 184 Å². The molecule has 9 nitrogen and oxygen atoms in total. The Bertz CT molecular complexity index is 1200. The number of hydrogen-bond acceptors (Lipinski definition) is 7. The lowest BCUT2D eigenvalue weighted by Gasteiger charge is -2.08. The third kappa shape index (κ3) is 6.26. The van der Waals surface area contributed by atoms with Gasteiger partial charge in [-0.2, -0.15) is 18.3 Å². The zero-order valence-corrected chi connectivity index (χ0v) is 16.7. The van der Waals surface area contributed by atoms with E-state index in [4.69, 9.17) is 4.74 Å². The van der Waals surface area contributed by atoms with Crippen LogP contribution in [0.1, 0.15) is 16.7 Å². The number of non-ortho nitro benzene ring substituents is 1. The van der Waals surface area contributed by atoms with Crippen molar-refractivity contribution in [2.45, 2.75) is 12.8 Å². The summed E-state index contributed by atoms with van der Waals surface area (Å²) in [5.41, 5.74) is 1.45. The lowest BCUT2D eigenvalue weighted by molar-refractivity contribution is -0.385. The highest BCUT2D eigenvalue weighted by molar-refractivity contribution is 5.80. The molecule has 0 atom stereocenters. The average Bonchev–Trinajstić information content (AvgIpc) is 2.78. The first-order valence-electron chi connectivity index (χ1n) is 9.24. The van der Waals surface area contributed by atoms with Gasteiger partial charge in [-0.3, -0.25) is 25.7 Å². The van der Waals surface area contributed by atoms with E-state index >= 15 is 0 Å². The van der Waals surface area contributed by atoms with Gasteiger partial charge >= 0.3 is 6.18 Å². The van der Waals surface area contributed by atoms with Crippen molar-refractivity contribution in [3.63, 3.8) is 0 Å². The standard InChI is InChI=1S/C21H15F3N4O5/c22-21(23,24)16-6-9-19(20(11-16)28(31)32)26-25-12-14-4-7-18(8-5-14)33-13-15-2-1-3-17(10-15)27(29)30/h1-12,26H,13H2/b25-12-. The second-order valence-electron chi connectivity index (χ2n) is 6.64. The number of hydrogen-bond donors (Lipinski definition) is 1. The van der Waals surface area contributed by atoms with Crippen LogP contribution in [0.4, 0.5) is 30.2 Å². The summed E-state index contributed by atoms with van der Waals surface area (Å²) in [6.45, 7) is 0.119. The molecule has 0 aliphatic heterocycles. The molecule has 1 N–H and O–H groups in total. The Kier molecular flexibility index (Phi) is 6.86. The highest BCUT2D eigenvalue weighted by Crippen LogP contribution is 2.35. The van der Waals surface area contributed by atoms with Crippen molar-refractivity contribution in [3.05, 3.63) is 104 Å². The molecule has 0 radical (unpaired) electrons. The molecule has 0 saturated heterocycles. The largest absolute Gasteiger partial charge is 0.489 e. The molecule has 33 heavy (non-hydrogen) atoms. The van der Waals surface area contributed by atoms with Gasteiger partial charge < -0.3 is 4.74 Å². The number of ether oxygens (including phenoxy) is 1. The molecular formula is C21H15F3N4O5. The molecule has 0 saturated carbocycles. The summed E-state index contributed by atoms with van der Waals surface area (Å²) >= 11 is 0. The zero-order chi connectivity index (χ0) is 24.0. The highest BCUT2D eigenvalue weighted by Gasteiger charge is 2.33. The van der Waals surface area contributed by atoms with E-state index in [0.717, 1.165) is 12.1 Å². The lowest BCUT2D eigenvalue weighted by atomic mass is 10.1. The molecule has 3 aromatic carbocycles. The molecule has 0 amide bonds. The molecule has 0 spiro atoms. The van der Waals surface area contributed by atoms with E-state index in [9.17, 15) is 33.4 Å². The molecular weight excluding hydrogens is 445 g/mol. The minimum Gasteiger partial charge on any atom is -0.489 e. The van der Waals surface area contributed by atoms with Crippen molar-refractivity contribution in [2.24, 2.45) is 5.10 Å². The van der Waals surface area contributed by atoms with Gasteiger partial charge in [0.25, 0.3) is 11.4 Å². The van der Waals surface area contributed by atoms with Crippen LogP contribution in [-0.2, 0) is 12.8 Å². The van der Waals surface area contributed by atoms with Gasteiger partial charge in [0.05, 0.1) is 21.6 Å². The van der Waals surface area contributed by atoms with E-state index in [1.165, 1.54) is 18.3 Å². The molecule has 0 fully saturated rings. The number of hydrazone groups is 1. The molecule has 0 aliphatic carbocycles. The monoisotopic (exact) mass is 460 g/mol. The number of nitro groups is 2. The van der Waals surface area contributed by atoms with Gasteiger partial charge in [-0.15, -0.1) is 0 Å².